The summed E-state index contributed by atoms with van der Waals surface area (Å²) in [6.07, 6.45) is 3.99. The Bertz CT molecular complexity index is 524. The molecule has 0 bridgehead atoms. The van der Waals surface area contributed by atoms with Gasteiger partial charge >= 0.3 is 0 Å². The van der Waals surface area contributed by atoms with Crippen LogP contribution in [-0.2, 0) is 0 Å². The van der Waals surface area contributed by atoms with Gasteiger partial charge in [-0.2, -0.15) is 0 Å². The van der Waals surface area contributed by atoms with E-state index in [1.54, 1.807) is 0 Å². The Kier molecular flexibility index (Phi) is 3.92. The predicted molar refractivity (Wildman–Crippen MR) is 90.2 cm³/mol. The molecule has 20 heavy (non-hydrogen) atoms. The van der Waals surface area contributed by atoms with Gasteiger partial charge in [-0.1, -0.05) is 24.2 Å². The SMILES string of the molecule is Cc1ccc(NC2=NC3CCCC3CS2)cc1N(C)C. The number of amidine groups is 1. The summed E-state index contributed by atoms with van der Waals surface area (Å²) < 4.78 is 0. The Morgan fingerprint density at radius 1 is 1.30 bits per heavy atom. The van der Waals surface area contributed by atoms with Crippen molar-refractivity contribution in [3.05, 3.63) is 23.8 Å². The summed E-state index contributed by atoms with van der Waals surface area (Å²) in [4.78, 5) is 7.05. The fraction of sp³-hybridized carbons (Fsp3) is 0.562. The lowest BCUT2D eigenvalue weighted by atomic mass is 10.1. The first-order chi connectivity index (χ1) is 9.63. The molecule has 0 saturated heterocycles. The number of benzene rings is 1. The molecule has 4 heteroatoms. The number of rotatable bonds is 2. The van der Waals surface area contributed by atoms with Crippen molar-refractivity contribution in [1.82, 2.24) is 0 Å². The lowest BCUT2D eigenvalue weighted by Crippen LogP contribution is -2.25. The molecular formula is C16H23N3S. The van der Waals surface area contributed by atoms with E-state index in [9.17, 15) is 0 Å². The van der Waals surface area contributed by atoms with Crippen LogP contribution in [0, 0.1) is 12.8 Å². The smallest absolute Gasteiger partial charge is 0.161 e. The quantitative estimate of drug-likeness (QED) is 0.898. The lowest BCUT2D eigenvalue weighted by Gasteiger charge is -2.24. The van der Waals surface area contributed by atoms with E-state index in [-0.39, 0.29) is 0 Å². The first kappa shape index (κ1) is 13.8. The van der Waals surface area contributed by atoms with Crippen LogP contribution in [-0.4, -0.2) is 31.1 Å². The molecule has 1 saturated carbocycles. The molecule has 1 aromatic rings. The molecule has 1 heterocycles. The molecule has 3 rings (SSSR count). The van der Waals surface area contributed by atoms with Crippen LogP contribution in [0.1, 0.15) is 24.8 Å². The summed E-state index contributed by atoms with van der Waals surface area (Å²) in [6.45, 7) is 2.15. The summed E-state index contributed by atoms with van der Waals surface area (Å²) in [5, 5.41) is 4.60. The third-order valence-electron chi connectivity index (χ3n) is 4.28. The molecule has 1 aliphatic carbocycles. The number of hydrogen-bond acceptors (Lipinski definition) is 4. The molecule has 0 spiro atoms. The molecule has 0 amide bonds. The van der Waals surface area contributed by atoms with Gasteiger partial charge in [0.15, 0.2) is 5.17 Å². The van der Waals surface area contributed by atoms with Crippen LogP contribution in [0.2, 0.25) is 0 Å². The molecule has 2 atom stereocenters. The molecular weight excluding hydrogens is 266 g/mol. The van der Waals surface area contributed by atoms with E-state index in [1.165, 1.54) is 36.3 Å². The molecule has 1 aliphatic heterocycles. The summed E-state index contributed by atoms with van der Waals surface area (Å²) in [5.41, 5.74) is 3.70. The van der Waals surface area contributed by atoms with E-state index in [0.29, 0.717) is 6.04 Å². The van der Waals surface area contributed by atoms with Gasteiger partial charge < -0.3 is 10.2 Å². The van der Waals surface area contributed by atoms with Gasteiger partial charge in [0.2, 0.25) is 0 Å². The van der Waals surface area contributed by atoms with Crippen LogP contribution in [0.25, 0.3) is 0 Å². The standard InChI is InChI=1S/C16H23N3S/c1-11-7-8-13(9-15(11)19(2)3)17-16-18-14-6-4-5-12(14)10-20-16/h7-9,12,14H,4-6,10H2,1-3H3,(H,17,18). The second-order valence-electron chi connectivity index (χ2n) is 6.02. The summed E-state index contributed by atoms with van der Waals surface area (Å²) >= 11 is 1.88. The lowest BCUT2D eigenvalue weighted by molar-refractivity contribution is 0.535. The first-order valence-corrected chi connectivity index (χ1v) is 8.37. The van der Waals surface area contributed by atoms with Gasteiger partial charge in [0.25, 0.3) is 0 Å². The number of nitrogens with one attached hydrogen (secondary N) is 1. The van der Waals surface area contributed by atoms with Crippen LogP contribution in [0.4, 0.5) is 11.4 Å². The Balaban J connectivity index is 1.76. The van der Waals surface area contributed by atoms with Gasteiger partial charge in [-0.05, 0) is 43.4 Å². The van der Waals surface area contributed by atoms with Crippen LogP contribution in [0.15, 0.2) is 23.2 Å². The number of aryl methyl sites for hydroxylation is 1. The van der Waals surface area contributed by atoms with Crippen LogP contribution >= 0.6 is 11.8 Å². The summed E-state index contributed by atoms with van der Waals surface area (Å²) in [5.74, 6) is 2.05. The van der Waals surface area contributed by atoms with Gasteiger partial charge in [0.05, 0.1) is 6.04 Å². The number of fused-ring (bicyclic) bond motifs is 1. The maximum absolute atomic E-state index is 4.89. The van der Waals surface area contributed by atoms with Crippen molar-refractivity contribution >= 4 is 28.3 Å². The van der Waals surface area contributed by atoms with Gasteiger partial charge in [-0.15, -0.1) is 0 Å². The van der Waals surface area contributed by atoms with E-state index in [4.69, 9.17) is 4.99 Å². The maximum atomic E-state index is 4.89. The zero-order valence-electron chi connectivity index (χ0n) is 12.5. The predicted octanol–water partition coefficient (Wildman–Crippen LogP) is 3.74. The Morgan fingerprint density at radius 2 is 2.15 bits per heavy atom. The van der Waals surface area contributed by atoms with Gasteiger partial charge in [-0.25, -0.2) is 0 Å². The Morgan fingerprint density at radius 3 is 2.95 bits per heavy atom. The van der Waals surface area contributed by atoms with Crippen molar-refractivity contribution in [1.29, 1.82) is 0 Å². The topological polar surface area (TPSA) is 27.6 Å². The highest BCUT2D eigenvalue weighted by atomic mass is 32.2. The minimum absolute atomic E-state index is 0.567. The van der Waals surface area contributed by atoms with E-state index < -0.39 is 0 Å². The number of anilines is 2. The molecule has 3 nitrogen and oxygen atoms in total. The summed E-state index contributed by atoms with van der Waals surface area (Å²) in [6, 6.07) is 7.09. The van der Waals surface area contributed by atoms with E-state index in [1.807, 2.05) is 11.8 Å². The molecule has 108 valence electrons. The second kappa shape index (κ2) is 5.68. The number of nitrogens with zero attached hydrogens (tertiary/aromatic N) is 2. The minimum atomic E-state index is 0.567. The van der Waals surface area contributed by atoms with E-state index in [2.05, 4.69) is 49.4 Å². The minimum Gasteiger partial charge on any atom is -0.377 e. The van der Waals surface area contributed by atoms with Gasteiger partial charge in [0, 0.05) is 31.2 Å². The number of thioether (sulfide) groups is 1. The van der Waals surface area contributed by atoms with Crippen molar-refractivity contribution in [3.8, 4) is 0 Å². The largest absolute Gasteiger partial charge is 0.377 e. The molecule has 2 unspecified atom stereocenters. The summed E-state index contributed by atoms with van der Waals surface area (Å²) in [7, 11) is 4.17. The third kappa shape index (κ3) is 2.80. The third-order valence-corrected chi connectivity index (χ3v) is 5.35. The zero-order valence-corrected chi connectivity index (χ0v) is 13.3. The maximum Gasteiger partial charge on any atom is 0.161 e. The zero-order chi connectivity index (χ0) is 14.1. The molecule has 0 radical (unpaired) electrons. The number of aliphatic imine (C=N–C) groups is 1. The first-order valence-electron chi connectivity index (χ1n) is 7.39. The normalized spacial score (nSPS) is 25.1. The second-order valence-corrected chi connectivity index (χ2v) is 7.03. The van der Waals surface area contributed by atoms with Crippen molar-refractivity contribution in [3.63, 3.8) is 0 Å². The van der Waals surface area contributed by atoms with E-state index >= 15 is 0 Å². The Hall–Kier alpha value is -1.16. The highest BCUT2D eigenvalue weighted by Gasteiger charge is 2.30. The fourth-order valence-electron chi connectivity index (χ4n) is 3.12. The monoisotopic (exact) mass is 289 g/mol. The molecule has 1 fully saturated rings. The Labute approximate surface area is 125 Å². The van der Waals surface area contributed by atoms with Crippen molar-refractivity contribution in [2.75, 3.05) is 30.1 Å². The van der Waals surface area contributed by atoms with Crippen LogP contribution in [0.3, 0.4) is 0 Å². The van der Waals surface area contributed by atoms with Crippen molar-refractivity contribution in [2.45, 2.75) is 32.2 Å². The van der Waals surface area contributed by atoms with Crippen LogP contribution in [0.5, 0.6) is 0 Å². The van der Waals surface area contributed by atoms with E-state index in [0.717, 1.165) is 16.8 Å². The van der Waals surface area contributed by atoms with Gasteiger partial charge in [0.1, 0.15) is 0 Å². The number of hydrogen-bond donors (Lipinski definition) is 1. The molecule has 1 aromatic carbocycles. The average molecular weight is 289 g/mol. The molecule has 0 aromatic heterocycles. The van der Waals surface area contributed by atoms with Crippen molar-refractivity contribution < 1.29 is 0 Å². The van der Waals surface area contributed by atoms with Crippen LogP contribution < -0.4 is 10.2 Å². The highest BCUT2D eigenvalue weighted by molar-refractivity contribution is 8.14. The highest BCUT2D eigenvalue weighted by Crippen LogP contribution is 2.36. The van der Waals surface area contributed by atoms with Crippen molar-refractivity contribution in [2.24, 2.45) is 10.9 Å². The fourth-order valence-corrected chi connectivity index (χ4v) is 4.28. The molecule has 2 aliphatic rings. The molecule has 1 N–H and O–H groups in total. The van der Waals surface area contributed by atoms with Gasteiger partial charge in [-0.3, -0.25) is 4.99 Å². The average Bonchev–Trinajstić information content (AvgIpc) is 2.88.